The summed E-state index contributed by atoms with van der Waals surface area (Å²) in [5.74, 6) is -1.25. The topological polar surface area (TPSA) is 92.9 Å². The predicted molar refractivity (Wildman–Crippen MR) is 54.9 cm³/mol. The molecule has 7 heteroatoms. The summed E-state index contributed by atoms with van der Waals surface area (Å²) in [5.41, 5.74) is 5.36. The maximum Gasteiger partial charge on any atom is 0.415 e. The van der Waals surface area contributed by atoms with Crippen molar-refractivity contribution in [1.29, 1.82) is 0 Å². The fourth-order valence-corrected chi connectivity index (χ4v) is 1.62. The Morgan fingerprint density at radius 2 is 2.27 bits per heavy atom. The first-order valence-electron chi connectivity index (χ1n) is 3.92. The van der Waals surface area contributed by atoms with Crippen LogP contribution in [0.5, 0.6) is 0 Å². The lowest BCUT2D eigenvalue weighted by atomic mass is 10.2. The molecule has 1 rings (SSSR count). The van der Waals surface area contributed by atoms with Crippen LogP contribution in [0.15, 0.2) is 22.3 Å². The Bertz CT molecular complexity index is 364. The normalized spacial score (nSPS) is 20.5. The zero-order valence-corrected chi connectivity index (χ0v) is 9.39. The molecular weight excluding hydrogens is 268 g/mol. The second kappa shape index (κ2) is 4.45. The molecule has 0 radical (unpaired) electrons. The number of ether oxygens (including phenoxy) is 1. The van der Waals surface area contributed by atoms with Gasteiger partial charge in [-0.25, -0.2) is 9.59 Å². The van der Waals surface area contributed by atoms with Crippen LogP contribution in [-0.4, -0.2) is 35.3 Å². The number of amides is 1. The van der Waals surface area contributed by atoms with Crippen molar-refractivity contribution in [3.05, 3.63) is 22.3 Å². The molecule has 0 aromatic rings. The third-order valence-corrected chi connectivity index (χ3v) is 2.25. The van der Waals surface area contributed by atoms with Crippen LogP contribution in [0.1, 0.15) is 0 Å². The average Bonchev–Trinajstić information content (AvgIpc) is 2.15. The zero-order valence-electron chi connectivity index (χ0n) is 7.81. The highest BCUT2D eigenvalue weighted by Crippen LogP contribution is 2.22. The van der Waals surface area contributed by atoms with Gasteiger partial charge in [0.05, 0.1) is 7.11 Å². The molecule has 6 nitrogen and oxygen atoms in total. The molecule has 1 amide bonds. The van der Waals surface area contributed by atoms with Gasteiger partial charge in [-0.3, -0.25) is 4.90 Å². The number of halogens is 1. The van der Waals surface area contributed by atoms with Crippen molar-refractivity contribution in [2.24, 2.45) is 5.73 Å². The van der Waals surface area contributed by atoms with E-state index < -0.39 is 18.2 Å². The van der Waals surface area contributed by atoms with Crippen molar-refractivity contribution in [3.8, 4) is 0 Å². The molecule has 3 N–H and O–H groups in total. The molecule has 0 saturated heterocycles. The lowest BCUT2D eigenvalue weighted by molar-refractivity contribution is -0.134. The van der Waals surface area contributed by atoms with Crippen LogP contribution >= 0.6 is 15.9 Å². The van der Waals surface area contributed by atoms with E-state index >= 15 is 0 Å². The first kappa shape index (κ1) is 11.7. The van der Waals surface area contributed by atoms with Crippen LogP contribution in [0.25, 0.3) is 0 Å². The molecule has 1 heterocycles. The lowest BCUT2D eigenvalue weighted by Gasteiger charge is -2.28. The third-order valence-electron chi connectivity index (χ3n) is 1.75. The maximum atomic E-state index is 11.3. The van der Waals surface area contributed by atoms with Gasteiger partial charge < -0.3 is 15.6 Å². The largest absolute Gasteiger partial charge is 0.477 e. The molecule has 0 aromatic carbocycles. The number of hydrogen-bond acceptors (Lipinski definition) is 4. The predicted octanol–water partition coefficient (Wildman–Crippen LogP) is 0.601. The van der Waals surface area contributed by atoms with Crippen LogP contribution < -0.4 is 5.73 Å². The summed E-state index contributed by atoms with van der Waals surface area (Å²) in [5, 5.41) is 8.87. The summed E-state index contributed by atoms with van der Waals surface area (Å²) >= 11 is 3.10. The van der Waals surface area contributed by atoms with Crippen LogP contribution in [0.2, 0.25) is 0 Å². The van der Waals surface area contributed by atoms with Gasteiger partial charge in [0.25, 0.3) is 0 Å². The number of nitrogens with zero attached hydrogens (tertiary/aromatic N) is 1. The Morgan fingerprint density at radius 1 is 1.67 bits per heavy atom. The summed E-state index contributed by atoms with van der Waals surface area (Å²) in [7, 11) is 1.15. The van der Waals surface area contributed by atoms with Gasteiger partial charge in [0, 0.05) is 4.48 Å². The number of allylic oxidation sites excluding steroid dienone is 2. The summed E-state index contributed by atoms with van der Waals surface area (Å²) in [6.45, 7) is 0. The summed E-state index contributed by atoms with van der Waals surface area (Å²) in [6.07, 6.45) is 1.10. The number of carboxylic acid groups (broad SMARTS) is 1. The minimum absolute atomic E-state index is 0.233. The minimum atomic E-state index is -1.25. The van der Waals surface area contributed by atoms with Gasteiger partial charge in [-0.05, 0) is 12.2 Å². The highest BCUT2D eigenvalue weighted by molar-refractivity contribution is 9.11. The van der Waals surface area contributed by atoms with Crippen molar-refractivity contribution in [1.82, 2.24) is 4.90 Å². The van der Waals surface area contributed by atoms with Crippen LogP contribution in [0, 0.1) is 0 Å². The van der Waals surface area contributed by atoms with Gasteiger partial charge >= 0.3 is 12.1 Å². The monoisotopic (exact) mass is 276 g/mol. The van der Waals surface area contributed by atoms with E-state index in [1.165, 1.54) is 12.2 Å². The molecule has 0 fully saturated rings. The number of aliphatic carboxylic acids is 1. The molecule has 0 aromatic heterocycles. The first-order valence-corrected chi connectivity index (χ1v) is 4.71. The molecule has 0 bridgehead atoms. The summed E-state index contributed by atoms with van der Waals surface area (Å²) in [4.78, 5) is 23.0. The van der Waals surface area contributed by atoms with Crippen LogP contribution in [0.4, 0.5) is 4.79 Å². The van der Waals surface area contributed by atoms with E-state index in [0.717, 1.165) is 12.0 Å². The quantitative estimate of drug-likeness (QED) is 0.732. The zero-order chi connectivity index (χ0) is 11.6. The molecule has 1 aliphatic heterocycles. The number of methoxy groups -OCH3 is 1. The van der Waals surface area contributed by atoms with Crippen molar-refractivity contribution < 1.29 is 19.4 Å². The van der Waals surface area contributed by atoms with E-state index in [4.69, 9.17) is 10.8 Å². The van der Waals surface area contributed by atoms with Crippen molar-refractivity contribution in [2.45, 2.75) is 6.17 Å². The highest BCUT2D eigenvalue weighted by Gasteiger charge is 2.31. The SMILES string of the molecule is COC(=O)N1C(C(=O)O)=CC(Br)=C[C@@H]1N. The number of hydrogen-bond donors (Lipinski definition) is 2. The Morgan fingerprint density at radius 3 is 2.73 bits per heavy atom. The van der Waals surface area contributed by atoms with Gasteiger partial charge in [-0.2, -0.15) is 0 Å². The Balaban J connectivity index is 3.10. The lowest BCUT2D eigenvalue weighted by Crippen LogP contribution is -2.47. The van der Waals surface area contributed by atoms with Gasteiger partial charge in [-0.1, -0.05) is 15.9 Å². The summed E-state index contributed by atoms with van der Waals surface area (Å²) < 4.78 is 4.94. The molecule has 0 saturated carbocycles. The summed E-state index contributed by atoms with van der Waals surface area (Å²) in [6, 6.07) is 0. The standard InChI is InChI=1S/C8H9BrN2O4/c1-15-8(14)11-5(7(12)13)2-4(9)3-6(11)10/h2-3,6H,10H2,1H3,(H,12,13)/t6-/m1/s1. The van der Waals surface area contributed by atoms with Crippen molar-refractivity contribution >= 4 is 28.0 Å². The number of carboxylic acids is 1. The molecule has 1 atom stereocenters. The average molecular weight is 277 g/mol. The molecule has 0 spiro atoms. The van der Waals surface area contributed by atoms with E-state index in [0.29, 0.717) is 4.48 Å². The third kappa shape index (κ3) is 2.37. The first-order chi connectivity index (χ1) is 6.97. The van der Waals surface area contributed by atoms with E-state index in [2.05, 4.69) is 20.7 Å². The van der Waals surface area contributed by atoms with Crippen LogP contribution in [-0.2, 0) is 9.53 Å². The number of carbonyl (C=O) groups is 2. The number of carbonyl (C=O) groups excluding carboxylic acids is 1. The van der Waals surface area contributed by atoms with E-state index in [9.17, 15) is 9.59 Å². The smallest absolute Gasteiger partial charge is 0.415 e. The van der Waals surface area contributed by atoms with Gasteiger partial charge in [0.1, 0.15) is 11.9 Å². The van der Waals surface area contributed by atoms with Gasteiger partial charge in [0.15, 0.2) is 0 Å². The maximum absolute atomic E-state index is 11.3. The molecule has 1 aliphatic rings. The van der Waals surface area contributed by atoms with Crippen molar-refractivity contribution in [3.63, 3.8) is 0 Å². The second-order valence-electron chi connectivity index (χ2n) is 2.72. The Labute approximate surface area is 94.1 Å². The molecule has 0 aliphatic carbocycles. The van der Waals surface area contributed by atoms with E-state index in [-0.39, 0.29) is 5.70 Å². The van der Waals surface area contributed by atoms with Gasteiger partial charge in [-0.15, -0.1) is 0 Å². The Hall–Kier alpha value is -1.34. The molecule has 0 unspecified atom stereocenters. The van der Waals surface area contributed by atoms with Gasteiger partial charge in [0.2, 0.25) is 0 Å². The van der Waals surface area contributed by atoms with Crippen LogP contribution in [0.3, 0.4) is 0 Å². The highest BCUT2D eigenvalue weighted by atomic mass is 79.9. The minimum Gasteiger partial charge on any atom is -0.477 e. The van der Waals surface area contributed by atoms with E-state index in [1.54, 1.807) is 0 Å². The number of rotatable bonds is 1. The fourth-order valence-electron chi connectivity index (χ4n) is 1.13. The molecule has 82 valence electrons. The fraction of sp³-hybridized carbons (Fsp3) is 0.250. The van der Waals surface area contributed by atoms with E-state index in [1.807, 2.05) is 0 Å². The Kier molecular flexibility index (Phi) is 3.48. The number of nitrogens with two attached hydrogens (primary N) is 1. The second-order valence-corrected chi connectivity index (χ2v) is 3.63. The molecular formula is C8H9BrN2O4. The van der Waals surface area contributed by atoms with Crippen molar-refractivity contribution in [2.75, 3.05) is 7.11 Å². The molecule has 15 heavy (non-hydrogen) atoms.